The SMILES string of the molecule is CN(CCCF)C(=O)c1cc2ccccc2c(-c2cccc[c]2[Sn]([CH3])([CH3])[CH3])n1. The normalized spacial score (nSPS) is 11.6. The fourth-order valence-electron chi connectivity index (χ4n) is 3.45. The Morgan fingerprint density at radius 2 is 1.75 bits per heavy atom. The minimum absolute atomic E-state index is 0.169. The number of alkyl halides is 1. The van der Waals surface area contributed by atoms with Crippen LogP contribution >= 0.6 is 0 Å². The summed E-state index contributed by atoms with van der Waals surface area (Å²) in [6, 6.07) is 18.4. The molecule has 0 aliphatic rings. The molecule has 3 nitrogen and oxygen atoms in total. The van der Waals surface area contributed by atoms with Crippen molar-refractivity contribution >= 4 is 38.6 Å². The van der Waals surface area contributed by atoms with Crippen molar-refractivity contribution in [2.75, 3.05) is 20.3 Å². The molecule has 3 rings (SSSR count). The van der Waals surface area contributed by atoms with Crippen LogP contribution in [0.5, 0.6) is 0 Å². The third-order valence-electron chi connectivity index (χ3n) is 4.92. The van der Waals surface area contributed by atoms with Crippen molar-refractivity contribution < 1.29 is 9.18 Å². The van der Waals surface area contributed by atoms with Crippen molar-refractivity contribution in [3.8, 4) is 11.3 Å². The van der Waals surface area contributed by atoms with Gasteiger partial charge in [0.15, 0.2) is 0 Å². The maximum absolute atomic E-state index is 12.9. The van der Waals surface area contributed by atoms with Gasteiger partial charge in [-0.3, -0.25) is 0 Å². The van der Waals surface area contributed by atoms with E-state index in [-0.39, 0.29) is 5.91 Å². The quantitative estimate of drug-likeness (QED) is 0.467. The Kier molecular flexibility index (Phi) is 6.38. The van der Waals surface area contributed by atoms with Gasteiger partial charge >= 0.3 is 171 Å². The zero-order valence-electron chi connectivity index (χ0n) is 17.0. The van der Waals surface area contributed by atoms with E-state index < -0.39 is 25.1 Å². The number of rotatable bonds is 6. The average molecular weight is 485 g/mol. The van der Waals surface area contributed by atoms with E-state index in [2.05, 4.69) is 39.1 Å². The molecule has 28 heavy (non-hydrogen) atoms. The van der Waals surface area contributed by atoms with E-state index in [1.165, 1.54) is 3.58 Å². The Bertz CT molecular complexity index is 997. The summed E-state index contributed by atoms with van der Waals surface area (Å²) in [6.07, 6.45) is 0.337. The van der Waals surface area contributed by atoms with Crippen molar-refractivity contribution in [2.45, 2.75) is 21.2 Å². The predicted molar refractivity (Wildman–Crippen MR) is 118 cm³/mol. The van der Waals surface area contributed by atoms with Crippen LogP contribution in [0.25, 0.3) is 22.0 Å². The van der Waals surface area contributed by atoms with Crippen LogP contribution < -0.4 is 3.58 Å². The molecule has 5 heteroatoms. The summed E-state index contributed by atoms with van der Waals surface area (Å²) >= 11 is -2.40. The van der Waals surface area contributed by atoms with E-state index in [0.717, 1.165) is 22.0 Å². The first kappa shape index (κ1) is 20.8. The van der Waals surface area contributed by atoms with Crippen molar-refractivity contribution in [1.29, 1.82) is 0 Å². The zero-order chi connectivity index (χ0) is 20.3. The Labute approximate surface area is 170 Å². The van der Waals surface area contributed by atoms with Crippen LogP contribution in [0.4, 0.5) is 4.39 Å². The fourth-order valence-corrected chi connectivity index (χ4v) is 8.03. The van der Waals surface area contributed by atoms with E-state index in [9.17, 15) is 9.18 Å². The first-order chi connectivity index (χ1) is 13.3. The van der Waals surface area contributed by atoms with Gasteiger partial charge in [0.25, 0.3) is 0 Å². The molecule has 0 atom stereocenters. The minimum atomic E-state index is -2.40. The van der Waals surface area contributed by atoms with Crippen molar-refractivity contribution in [2.24, 2.45) is 0 Å². The molecule has 0 saturated carbocycles. The molecule has 0 radical (unpaired) electrons. The third-order valence-corrected chi connectivity index (χ3v) is 10.8. The molecule has 2 aromatic carbocycles. The summed E-state index contributed by atoms with van der Waals surface area (Å²) in [6.45, 7) is -0.0474. The number of hydrogen-bond donors (Lipinski definition) is 0. The van der Waals surface area contributed by atoms with Crippen molar-refractivity contribution in [1.82, 2.24) is 9.88 Å². The molecule has 1 aromatic heterocycles. The monoisotopic (exact) mass is 486 g/mol. The fraction of sp³-hybridized carbons (Fsp3) is 0.304. The number of amides is 1. The molecule has 0 saturated heterocycles. The Balaban J connectivity index is 2.20. The number of halogens is 1. The number of fused-ring (bicyclic) bond motifs is 1. The predicted octanol–water partition coefficient (Wildman–Crippen LogP) is 4.88. The third kappa shape index (κ3) is 4.37. The van der Waals surface area contributed by atoms with Gasteiger partial charge < -0.3 is 0 Å². The van der Waals surface area contributed by atoms with E-state index in [4.69, 9.17) is 4.98 Å². The number of aromatic nitrogens is 1. The van der Waals surface area contributed by atoms with E-state index in [1.54, 1.807) is 11.9 Å². The Morgan fingerprint density at radius 1 is 1.07 bits per heavy atom. The number of hydrogen-bond acceptors (Lipinski definition) is 2. The van der Waals surface area contributed by atoms with Crippen LogP contribution in [0.15, 0.2) is 54.6 Å². The number of carbonyl (C=O) groups excluding carboxylic acids is 1. The molecule has 0 unspecified atom stereocenters. The number of carbonyl (C=O) groups is 1. The standard InChI is InChI=1S/C20H18FN2O.3CH3.Sn/c1-23(13-7-12-21)20(24)18-14-16-10-5-6-11-17(16)19(22-18)15-8-3-2-4-9-15;;;;/h2-6,8,10-11,14H,7,12-13H2,1H3;3*1H3;. The first-order valence-electron chi connectivity index (χ1n) is 9.64. The van der Waals surface area contributed by atoms with Gasteiger partial charge in [-0.1, -0.05) is 0 Å². The van der Waals surface area contributed by atoms with Crippen LogP contribution in [0, 0.1) is 0 Å². The second kappa shape index (κ2) is 8.60. The zero-order valence-corrected chi connectivity index (χ0v) is 19.9. The molecule has 0 N–H and O–H groups in total. The molecular formula is C23H27FN2OSn. The van der Waals surface area contributed by atoms with Gasteiger partial charge in [-0.15, -0.1) is 0 Å². The van der Waals surface area contributed by atoms with Crippen molar-refractivity contribution in [3.05, 3.63) is 60.3 Å². The van der Waals surface area contributed by atoms with E-state index in [0.29, 0.717) is 18.7 Å². The summed E-state index contributed by atoms with van der Waals surface area (Å²) in [5, 5.41) is 2.04. The van der Waals surface area contributed by atoms with Crippen LogP contribution in [0.1, 0.15) is 16.9 Å². The van der Waals surface area contributed by atoms with Crippen LogP contribution in [0.3, 0.4) is 0 Å². The van der Waals surface area contributed by atoms with Gasteiger partial charge in [0.1, 0.15) is 0 Å². The maximum atomic E-state index is 12.9. The molecule has 3 aromatic rings. The topological polar surface area (TPSA) is 33.2 Å². The second-order valence-electron chi connectivity index (χ2n) is 8.14. The molecule has 1 amide bonds. The summed E-state index contributed by atoms with van der Waals surface area (Å²) in [4.78, 5) is 26.4. The van der Waals surface area contributed by atoms with E-state index >= 15 is 0 Å². The van der Waals surface area contributed by atoms with Crippen molar-refractivity contribution in [3.63, 3.8) is 0 Å². The molecule has 146 valence electrons. The Morgan fingerprint density at radius 3 is 2.46 bits per heavy atom. The first-order valence-corrected chi connectivity index (χ1v) is 19.6. The van der Waals surface area contributed by atoms with Crippen LogP contribution in [0.2, 0.25) is 14.8 Å². The van der Waals surface area contributed by atoms with E-state index in [1.807, 2.05) is 30.3 Å². The molecule has 0 aliphatic heterocycles. The molecule has 0 fully saturated rings. The molecule has 0 spiro atoms. The summed E-state index contributed by atoms with van der Waals surface area (Å²) in [7, 11) is 1.70. The van der Waals surface area contributed by atoms with Crippen LogP contribution in [-0.4, -0.2) is 54.4 Å². The van der Waals surface area contributed by atoms with Gasteiger partial charge in [-0.2, -0.15) is 0 Å². The summed E-state index contributed by atoms with van der Waals surface area (Å²) < 4.78 is 13.9. The second-order valence-corrected chi connectivity index (χ2v) is 22.5. The summed E-state index contributed by atoms with van der Waals surface area (Å²) in [5.74, 6) is -0.169. The Hall–Kier alpha value is -1.95. The molecule has 1 heterocycles. The number of benzene rings is 2. The van der Waals surface area contributed by atoms with Gasteiger partial charge in [-0.05, 0) is 0 Å². The molecule has 0 aliphatic carbocycles. The summed E-state index contributed by atoms with van der Waals surface area (Å²) in [5.41, 5.74) is 2.40. The van der Waals surface area contributed by atoms with Gasteiger partial charge in [0.2, 0.25) is 0 Å². The average Bonchev–Trinajstić information content (AvgIpc) is 2.70. The molecule has 0 bridgehead atoms. The van der Waals surface area contributed by atoms with Gasteiger partial charge in [0, 0.05) is 0 Å². The van der Waals surface area contributed by atoms with Gasteiger partial charge in [-0.25, -0.2) is 0 Å². The number of nitrogens with zero attached hydrogens (tertiary/aromatic N) is 2. The van der Waals surface area contributed by atoms with Crippen LogP contribution in [-0.2, 0) is 0 Å². The van der Waals surface area contributed by atoms with Gasteiger partial charge in [0.05, 0.1) is 0 Å². The number of pyridine rings is 1. The molecular weight excluding hydrogens is 458 g/mol.